The number of hydrogen-bond donors (Lipinski definition) is 2. The number of hydrogen-bond acceptors (Lipinski definition) is 5. The van der Waals surface area contributed by atoms with Crippen molar-refractivity contribution in [2.24, 2.45) is 0 Å². The number of aromatic nitrogens is 2. The van der Waals surface area contributed by atoms with Crippen LogP contribution in [0.5, 0.6) is 5.75 Å². The number of imidazole rings is 1. The van der Waals surface area contributed by atoms with Gasteiger partial charge in [-0.1, -0.05) is 19.1 Å². The van der Waals surface area contributed by atoms with E-state index in [9.17, 15) is 13.2 Å². The number of sulfonamides is 1. The summed E-state index contributed by atoms with van der Waals surface area (Å²) < 4.78 is 33.9. The molecule has 0 radical (unpaired) electrons. The molecule has 4 aromatic rings. The number of nitrogens with zero attached hydrogens (tertiary/aromatic N) is 2. The fourth-order valence-electron chi connectivity index (χ4n) is 4.65. The Morgan fingerprint density at radius 1 is 1.11 bits per heavy atom. The molecule has 2 N–H and O–H groups in total. The Morgan fingerprint density at radius 2 is 1.89 bits per heavy atom. The fourth-order valence-corrected chi connectivity index (χ4v) is 5.95. The van der Waals surface area contributed by atoms with Gasteiger partial charge in [-0.3, -0.25) is 4.79 Å². The van der Waals surface area contributed by atoms with E-state index in [-0.39, 0.29) is 16.8 Å². The van der Waals surface area contributed by atoms with Gasteiger partial charge in [-0.15, -0.1) is 0 Å². The number of fused-ring (bicyclic) bond motifs is 2. The standard InChI is InChI=1S/C28H30N4O4S/c1-4-19-14-23(37(34,35)31-18(2)3)7-8-24(19)28(33)32-11-12-36-27-10-6-20(13-22(27)16-32)21-5-9-25-26(15-21)30-17-29-25/h5-10,13-15,17-18,31H,4,11-12,16H2,1-3H3,(H,29,30). The zero-order valence-corrected chi connectivity index (χ0v) is 21.9. The molecule has 1 aliphatic rings. The summed E-state index contributed by atoms with van der Waals surface area (Å²) >= 11 is 0. The molecule has 37 heavy (non-hydrogen) atoms. The van der Waals surface area contributed by atoms with Gasteiger partial charge in [0.05, 0.1) is 28.8 Å². The average molecular weight is 519 g/mol. The van der Waals surface area contributed by atoms with Gasteiger partial charge in [-0.05, 0) is 79.4 Å². The van der Waals surface area contributed by atoms with E-state index in [4.69, 9.17) is 4.74 Å². The fraction of sp³-hybridized carbons (Fsp3) is 0.286. The van der Waals surface area contributed by atoms with Crippen LogP contribution in [-0.4, -0.2) is 48.4 Å². The summed E-state index contributed by atoms with van der Waals surface area (Å²) in [5.74, 6) is 0.622. The van der Waals surface area contributed by atoms with E-state index in [0.29, 0.717) is 37.2 Å². The van der Waals surface area contributed by atoms with Gasteiger partial charge in [0.15, 0.2) is 0 Å². The first-order chi connectivity index (χ1) is 17.7. The number of rotatable bonds is 6. The predicted molar refractivity (Wildman–Crippen MR) is 143 cm³/mol. The number of amides is 1. The lowest BCUT2D eigenvalue weighted by molar-refractivity contribution is 0.0732. The smallest absolute Gasteiger partial charge is 0.254 e. The van der Waals surface area contributed by atoms with Gasteiger partial charge in [0, 0.05) is 23.7 Å². The lowest BCUT2D eigenvalue weighted by Gasteiger charge is -2.22. The van der Waals surface area contributed by atoms with E-state index in [1.807, 2.05) is 31.2 Å². The number of carbonyl (C=O) groups excluding carboxylic acids is 1. The Kier molecular flexibility index (Phi) is 6.74. The number of aromatic amines is 1. The molecule has 0 spiro atoms. The summed E-state index contributed by atoms with van der Waals surface area (Å²) in [5, 5.41) is 0. The van der Waals surface area contributed by atoms with Crippen molar-refractivity contribution in [3.8, 4) is 16.9 Å². The highest BCUT2D eigenvalue weighted by molar-refractivity contribution is 7.89. The maximum atomic E-state index is 13.6. The summed E-state index contributed by atoms with van der Waals surface area (Å²) in [7, 11) is -3.65. The highest BCUT2D eigenvalue weighted by Gasteiger charge is 2.25. The molecule has 1 amide bonds. The lowest BCUT2D eigenvalue weighted by atomic mass is 10.0. The topological polar surface area (TPSA) is 104 Å². The summed E-state index contributed by atoms with van der Waals surface area (Å²) in [5.41, 5.74) is 6.06. The number of H-pyrrole nitrogens is 1. The minimum atomic E-state index is -3.65. The van der Waals surface area contributed by atoms with E-state index < -0.39 is 10.0 Å². The third kappa shape index (κ3) is 5.10. The lowest BCUT2D eigenvalue weighted by Crippen LogP contribution is -2.33. The summed E-state index contributed by atoms with van der Waals surface area (Å²) in [4.78, 5) is 23.0. The molecule has 0 fully saturated rings. The van der Waals surface area contributed by atoms with Crippen molar-refractivity contribution in [2.75, 3.05) is 13.2 Å². The zero-order valence-electron chi connectivity index (χ0n) is 21.1. The van der Waals surface area contributed by atoms with Crippen LogP contribution < -0.4 is 9.46 Å². The van der Waals surface area contributed by atoms with Crippen molar-refractivity contribution >= 4 is 27.0 Å². The highest BCUT2D eigenvalue weighted by Crippen LogP contribution is 2.31. The molecule has 2 heterocycles. The molecule has 9 heteroatoms. The molecule has 0 atom stereocenters. The zero-order chi connectivity index (χ0) is 26.2. The molecule has 1 aromatic heterocycles. The second-order valence-electron chi connectivity index (χ2n) is 9.48. The van der Waals surface area contributed by atoms with Crippen LogP contribution in [0.15, 0.2) is 65.8 Å². The minimum Gasteiger partial charge on any atom is -0.491 e. The Bertz CT molecular complexity index is 1580. The van der Waals surface area contributed by atoms with Gasteiger partial charge >= 0.3 is 0 Å². The van der Waals surface area contributed by atoms with Gasteiger partial charge in [-0.2, -0.15) is 0 Å². The second kappa shape index (κ2) is 9.99. The van der Waals surface area contributed by atoms with Crippen LogP contribution in [0, 0.1) is 0 Å². The molecule has 0 unspecified atom stereocenters. The van der Waals surface area contributed by atoms with E-state index >= 15 is 0 Å². The van der Waals surface area contributed by atoms with Crippen LogP contribution in [0.3, 0.4) is 0 Å². The number of aryl methyl sites for hydroxylation is 1. The molecule has 5 rings (SSSR count). The van der Waals surface area contributed by atoms with Crippen molar-refractivity contribution in [3.63, 3.8) is 0 Å². The van der Waals surface area contributed by atoms with Crippen LogP contribution in [0.1, 0.15) is 42.3 Å². The van der Waals surface area contributed by atoms with E-state index in [2.05, 4.69) is 26.8 Å². The van der Waals surface area contributed by atoms with Gasteiger partial charge in [0.25, 0.3) is 5.91 Å². The van der Waals surface area contributed by atoms with Crippen molar-refractivity contribution in [1.29, 1.82) is 0 Å². The molecule has 192 valence electrons. The minimum absolute atomic E-state index is 0.140. The van der Waals surface area contributed by atoms with Gasteiger partial charge < -0.3 is 14.6 Å². The SMILES string of the molecule is CCc1cc(S(=O)(=O)NC(C)C)ccc1C(=O)N1CCOc2ccc(-c3ccc4nc[nH]c4c3)cc2C1. The molecular weight excluding hydrogens is 488 g/mol. The van der Waals surface area contributed by atoms with Crippen LogP contribution in [0.2, 0.25) is 0 Å². The van der Waals surface area contributed by atoms with Crippen LogP contribution >= 0.6 is 0 Å². The van der Waals surface area contributed by atoms with Crippen LogP contribution in [0.4, 0.5) is 0 Å². The quantitative estimate of drug-likeness (QED) is 0.391. The number of nitrogens with one attached hydrogen (secondary N) is 2. The normalized spacial score (nSPS) is 13.9. The Labute approximate surface area is 216 Å². The second-order valence-corrected chi connectivity index (χ2v) is 11.2. The molecule has 0 saturated heterocycles. The van der Waals surface area contributed by atoms with Crippen molar-refractivity contribution in [3.05, 3.63) is 77.6 Å². The van der Waals surface area contributed by atoms with Crippen LogP contribution in [0.25, 0.3) is 22.2 Å². The first-order valence-electron chi connectivity index (χ1n) is 12.4. The largest absolute Gasteiger partial charge is 0.491 e. The molecule has 3 aromatic carbocycles. The van der Waals surface area contributed by atoms with Gasteiger partial charge in [0.2, 0.25) is 10.0 Å². The Hall–Kier alpha value is -3.69. The maximum Gasteiger partial charge on any atom is 0.254 e. The molecular formula is C28H30N4O4S. The summed E-state index contributed by atoms with van der Waals surface area (Å²) in [6.45, 7) is 6.67. The monoisotopic (exact) mass is 518 g/mol. The average Bonchev–Trinajstić information content (AvgIpc) is 3.24. The molecule has 0 aliphatic carbocycles. The first-order valence-corrected chi connectivity index (χ1v) is 13.9. The maximum absolute atomic E-state index is 13.6. The van der Waals surface area contributed by atoms with E-state index in [1.165, 1.54) is 6.07 Å². The summed E-state index contributed by atoms with van der Waals surface area (Å²) in [6.07, 6.45) is 2.21. The van der Waals surface area contributed by atoms with Crippen LogP contribution in [-0.2, 0) is 23.0 Å². The molecule has 1 aliphatic heterocycles. The summed E-state index contributed by atoms with van der Waals surface area (Å²) in [6, 6.07) is 16.6. The third-order valence-corrected chi connectivity index (χ3v) is 8.13. The van der Waals surface area contributed by atoms with E-state index in [0.717, 1.165) is 33.5 Å². The molecule has 0 bridgehead atoms. The number of ether oxygens (including phenoxy) is 1. The Balaban J connectivity index is 1.43. The number of carbonyl (C=O) groups is 1. The van der Waals surface area contributed by atoms with Gasteiger partial charge in [-0.25, -0.2) is 18.1 Å². The molecule has 0 saturated carbocycles. The van der Waals surface area contributed by atoms with Gasteiger partial charge in [0.1, 0.15) is 12.4 Å². The van der Waals surface area contributed by atoms with E-state index in [1.54, 1.807) is 37.2 Å². The Morgan fingerprint density at radius 3 is 2.68 bits per heavy atom. The van der Waals surface area contributed by atoms with Crippen molar-refractivity contribution in [1.82, 2.24) is 19.6 Å². The highest BCUT2D eigenvalue weighted by atomic mass is 32.2. The number of benzene rings is 3. The third-order valence-electron chi connectivity index (χ3n) is 6.47. The first kappa shape index (κ1) is 25.0. The van der Waals surface area contributed by atoms with Crippen molar-refractivity contribution < 1.29 is 17.9 Å². The predicted octanol–water partition coefficient (Wildman–Crippen LogP) is 4.51. The molecule has 8 nitrogen and oxygen atoms in total. The van der Waals surface area contributed by atoms with Crippen molar-refractivity contribution in [2.45, 2.75) is 44.7 Å².